The second kappa shape index (κ2) is 7.85. The maximum Gasteiger partial charge on any atom is 0.317 e. The molecule has 1 N–H and O–H groups in total. The molecule has 2 aromatic rings. The van der Waals surface area contributed by atoms with Crippen LogP contribution in [-0.2, 0) is 6.54 Å². The summed E-state index contributed by atoms with van der Waals surface area (Å²) in [6.07, 6.45) is 0. The first-order chi connectivity index (χ1) is 12.0. The highest BCUT2D eigenvalue weighted by Crippen LogP contribution is 2.26. The Morgan fingerprint density at radius 3 is 2.80 bits per heavy atom. The van der Waals surface area contributed by atoms with Crippen LogP contribution in [0.4, 0.5) is 9.18 Å². The van der Waals surface area contributed by atoms with Crippen molar-refractivity contribution in [2.45, 2.75) is 12.6 Å². The average molecular weight is 362 g/mol. The van der Waals surface area contributed by atoms with Crippen LogP contribution in [0.15, 0.2) is 48.5 Å². The van der Waals surface area contributed by atoms with E-state index in [1.54, 1.807) is 23.1 Å². The largest absolute Gasteiger partial charge is 0.334 e. The van der Waals surface area contributed by atoms with Crippen LogP contribution in [0.25, 0.3) is 0 Å². The third kappa shape index (κ3) is 4.30. The van der Waals surface area contributed by atoms with Crippen LogP contribution in [-0.4, -0.2) is 42.5 Å². The number of benzene rings is 2. The van der Waals surface area contributed by atoms with E-state index in [4.69, 9.17) is 11.6 Å². The summed E-state index contributed by atoms with van der Waals surface area (Å²) < 4.78 is 14.1. The van der Waals surface area contributed by atoms with Crippen molar-refractivity contribution in [3.8, 4) is 0 Å². The number of urea groups is 1. The number of piperazine rings is 1. The predicted octanol–water partition coefficient (Wildman–Crippen LogP) is 3.68. The Labute approximate surface area is 152 Å². The van der Waals surface area contributed by atoms with Gasteiger partial charge in [0.05, 0.1) is 6.04 Å². The molecular formula is C19H21ClFN3O. The molecule has 1 heterocycles. The molecule has 1 unspecified atom stereocenters. The molecule has 25 heavy (non-hydrogen) atoms. The zero-order chi connectivity index (χ0) is 17.8. The number of carbonyl (C=O) groups excluding carboxylic acids is 1. The Balaban J connectivity index is 1.64. The fourth-order valence-electron chi connectivity index (χ4n) is 3.08. The SMILES string of the molecule is CN1CCN(C(=O)NCc2cccc(Cl)c2)CC1c1ccccc1F. The molecule has 0 radical (unpaired) electrons. The van der Waals surface area contributed by atoms with Gasteiger partial charge in [-0.2, -0.15) is 0 Å². The van der Waals surface area contributed by atoms with Crippen molar-refractivity contribution < 1.29 is 9.18 Å². The lowest BCUT2D eigenvalue weighted by Crippen LogP contribution is -2.52. The average Bonchev–Trinajstić information content (AvgIpc) is 2.61. The summed E-state index contributed by atoms with van der Waals surface area (Å²) in [5, 5.41) is 3.56. The summed E-state index contributed by atoms with van der Waals surface area (Å²) in [6, 6.07) is 13.8. The first kappa shape index (κ1) is 17.7. The minimum absolute atomic E-state index is 0.144. The van der Waals surface area contributed by atoms with Gasteiger partial charge in [-0.25, -0.2) is 9.18 Å². The van der Waals surface area contributed by atoms with Crippen LogP contribution < -0.4 is 5.32 Å². The molecule has 4 nitrogen and oxygen atoms in total. The van der Waals surface area contributed by atoms with Crippen LogP contribution >= 0.6 is 11.6 Å². The Kier molecular flexibility index (Phi) is 5.56. The van der Waals surface area contributed by atoms with Crippen LogP contribution in [0.2, 0.25) is 5.02 Å². The Morgan fingerprint density at radius 1 is 1.24 bits per heavy atom. The number of nitrogens with zero attached hydrogens (tertiary/aromatic N) is 2. The monoisotopic (exact) mass is 361 g/mol. The maximum atomic E-state index is 14.1. The first-order valence-electron chi connectivity index (χ1n) is 8.26. The highest BCUT2D eigenvalue weighted by atomic mass is 35.5. The molecule has 1 saturated heterocycles. The third-order valence-corrected chi connectivity index (χ3v) is 4.77. The van der Waals surface area contributed by atoms with Crippen molar-refractivity contribution in [1.82, 2.24) is 15.1 Å². The lowest BCUT2D eigenvalue weighted by atomic mass is 10.0. The highest BCUT2D eigenvalue weighted by molar-refractivity contribution is 6.30. The molecule has 0 spiro atoms. The van der Waals surface area contributed by atoms with Crippen LogP contribution in [0, 0.1) is 5.82 Å². The van der Waals surface area contributed by atoms with Crippen molar-refractivity contribution >= 4 is 17.6 Å². The van der Waals surface area contributed by atoms with Gasteiger partial charge in [-0.1, -0.05) is 41.9 Å². The molecule has 3 rings (SSSR count). The molecule has 6 heteroatoms. The van der Waals surface area contributed by atoms with Crippen molar-refractivity contribution in [1.29, 1.82) is 0 Å². The van der Waals surface area contributed by atoms with Gasteiger partial charge in [-0.3, -0.25) is 4.90 Å². The molecule has 1 atom stereocenters. The fraction of sp³-hybridized carbons (Fsp3) is 0.316. The highest BCUT2D eigenvalue weighted by Gasteiger charge is 2.29. The second-order valence-electron chi connectivity index (χ2n) is 6.25. The van der Waals surface area contributed by atoms with Gasteiger partial charge >= 0.3 is 6.03 Å². The lowest BCUT2D eigenvalue weighted by Gasteiger charge is -2.39. The molecule has 132 valence electrons. The van der Waals surface area contributed by atoms with Crippen LogP contribution in [0.5, 0.6) is 0 Å². The van der Waals surface area contributed by atoms with E-state index in [1.165, 1.54) is 6.07 Å². The van der Waals surface area contributed by atoms with E-state index < -0.39 is 0 Å². The van der Waals surface area contributed by atoms with Gasteiger partial charge in [0.25, 0.3) is 0 Å². The minimum Gasteiger partial charge on any atom is -0.334 e. The van der Waals surface area contributed by atoms with E-state index >= 15 is 0 Å². The van der Waals surface area contributed by atoms with Gasteiger partial charge in [0.2, 0.25) is 0 Å². The van der Waals surface area contributed by atoms with E-state index in [2.05, 4.69) is 10.2 Å². The topological polar surface area (TPSA) is 35.6 Å². The zero-order valence-corrected chi connectivity index (χ0v) is 14.8. The summed E-state index contributed by atoms with van der Waals surface area (Å²) in [4.78, 5) is 16.3. The van der Waals surface area contributed by atoms with E-state index in [1.807, 2.05) is 31.3 Å². The number of halogens is 2. The molecule has 2 aromatic carbocycles. The van der Waals surface area contributed by atoms with Gasteiger partial charge in [0.1, 0.15) is 5.82 Å². The molecule has 1 aliphatic heterocycles. The van der Waals surface area contributed by atoms with Gasteiger partial charge in [-0.15, -0.1) is 0 Å². The van der Waals surface area contributed by atoms with E-state index in [0.29, 0.717) is 36.8 Å². The molecule has 2 amide bonds. The van der Waals surface area contributed by atoms with Crippen LogP contribution in [0.3, 0.4) is 0 Å². The number of hydrogen-bond donors (Lipinski definition) is 1. The zero-order valence-electron chi connectivity index (χ0n) is 14.1. The normalized spacial score (nSPS) is 18.2. The third-order valence-electron chi connectivity index (χ3n) is 4.53. The van der Waals surface area contributed by atoms with E-state index in [9.17, 15) is 9.18 Å². The number of carbonyl (C=O) groups is 1. The quantitative estimate of drug-likeness (QED) is 0.905. The number of nitrogens with one attached hydrogen (secondary N) is 1. The molecule has 1 fully saturated rings. The summed E-state index contributed by atoms with van der Waals surface area (Å²) in [7, 11) is 1.96. The number of rotatable bonds is 3. The summed E-state index contributed by atoms with van der Waals surface area (Å²) >= 11 is 5.96. The molecule has 1 aliphatic rings. The molecule has 0 bridgehead atoms. The number of likely N-dealkylation sites (N-methyl/N-ethyl adjacent to an activating group) is 1. The Hall–Kier alpha value is -2.11. The van der Waals surface area contributed by atoms with E-state index in [0.717, 1.165) is 5.56 Å². The smallest absolute Gasteiger partial charge is 0.317 e. The molecular weight excluding hydrogens is 341 g/mol. The fourth-order valence-corrected chi connectivity index (χ4v) is 3.29. The van der Waals surface area contributed by atoms with E-state index in [-0.39, 0.29) is 17.9 Å². The number of amides is 2. The van der Waals surface area contributed by atoms with Crippen molar-refractivity contribution in [2.75, 3.05) is 26.7 Å². The van der Waals surface area contributed by atoms with Crippen molar-refractivity contribution in [3.05, 3.63) is 70.5 Å². The molecule has 0 saturated carbocycles. The van der Waals surface area contributed by atoms with Crippen LogP contribution in [0.1, 0.15) is 17.2 Å². The van der Waals surface area contributed by atoms with Gasteiger partial charge in [0, 0.05) is 36.8 Å². The van der Waals surface area contributed by atoms with Gasteiger partial charge < -0.3 is 10.2 Å². The summed E-state index contributed by atoms with van der Waals surface area (Å²) in [5.74, 6) is -0.236. The number of hydrogen-bond acceptors (Lipinski definition) is 2. The second-order valence-corrected chi connectivity index (χ2v) is 6.69. The Morgan fingerprint density at radius 2 is 2.04 bits per heavy atom. The molecule has 0 aliphatic carbocycles. The standard InChI is InChI=1S/C19H21ClFN3O/c1-23-9-10-24(13-18(23)16-7-2-3-8-17(16)21)19(25)22-12-14-5-4-6-15(20)11-14/h2-8,11,18H,9-10,12-13H2,1H3,(H,22,25). The van der Waals surface area contributed by atoms with Crippen molar-refractivity contribution in [2.24, 2.45) is 0 Å². The minimum atomic E-state index is -0.236. The Bertz CT molecular complexity index is 755. The van der Waals surface area contributed by atoms with Gasteiger partial charge in [0.15, 0.2) is 0 Å². The first-order valence-corrected chi connectivity index (χ1v) is 8.64. The predicted molar refractivity (Wildman–Crippen MR) is 97.0 cm³/mol. The maximum absolute atomic E-state index is 14.1. The summed E-state index contributed by atoms with van der Waals surface area (Å²) in [5.41, 5.74) is 1.57. The lowest BCUT2D eigenvalue weighted by molar-refractivity contribution is 0.108. The summed E-state index contributed by atoms with van der Waals surface area (Å²) in [6.45, 7) is 2.18. The van der Waals surface area contributed by atoms with Gasteiger partial charge in [-0.05, 0) is 30.8 Å². The molecule has 0 aromatic heterocycles. The van der Waals surface area contributed by atoms with Crippen molar-refractivity contribution in [3.63, 3.8) is 0 Å².